The van der Waals surface area contributed by atoms with Gasteiger partial charge in [0.2, 0.25) is 0 Å². The number of hydrogen-bond acceptors (Lipinski definition) is 16. The molecule has 6 aliphatic heterocycles. The zero-order valence-corrected chi connectivity index (χ0v) is 43.7. The lowest BCUT2D eigenvalue weighted by Crippen LogP contribution is -2.57. The normalized spacial score (nSPS) is 23.1. The third-order valence-corrected chi connectivity index (χ3v) is 14.2. The minimum absolute atomic E-state index is 0.00177. The van der Waals surface area contributed by atoms with Gasteiger partial charge in [0.15, 0.2) is 48.0 Å². The van der Waals surface area contributed by atoms with E-state index in [9.17, 15) is 29.1 Å². The van der Waals surface area contributed by atoms with Crippen molar-refractivity contribution in [2.45, 2.75) is 127 Å². The quantitative estimate of drug-likeness (QED) is 0.0860. The van der Waals surface area contributed by atoms with Crippen LogP contribution in [-0.4, -0.2) is 143 Å². The highest BCUT2D eigenvalue weighted by Crippen LogP contribution is 2.44. The number of phenolic OH excluding ortho intramolecular Hbond substituents is 1. The fourth-order valence-electron chi connectivity index (χ4n) is 10.5. The van der Waals surface area contributed by atoms with Gasteiger partial charge in [0.25, 0.3) is 11.8 Å². The molecule has 6 atom stereocenters. The molecular weight excluding hydrogens is 985 g/mol. The summed E-state index contributed by atoms with van der Waals surface area (Å²) in [5, 5.41) is 10.5. The van der Waals surface area contributed by atoms with Gasteiger partial charge in [0, 0.05) is 38.4 Å². The Morgan fingerprint density at radius 3 is 1.66 bits per heavy atom. The highest BCUT2D eigenvalue weighted by molar-refractivity contribution is 6.07. The maximum atomic E-state index is 14.1. The first kappa shape index (κ1) is 55.4. The number of piperidine rings is 2. The summed E-state index contributed by atoms with van der Waals surface area (Å²) >= 11 is 0. The zero-order chi connectivity index (χ0) is 53.7. The minimum Gasteiger partial charge on any atom is -0.504 e. The summed E-state index contributed by atoms with van der Waals surface area (Å²) in [6, 6.07) is 12.7. The van der Waals surface area contributed by atoms with Gasteiger partial charge in [-0.25, -0.2) is 19.4 Å². The second-order valence-electron chi connectivity index (χ2n) is 19.2. The Morgan fingerprint density at radius 1 is 0.645 bits per heavy atom. The fraction of sp³-hybridized carbons (Fsp3) is 0.518. The molecule has 6 heterocycles. The molecule has 20 nitrogen and oxygen atoms in total. The van der Waals surface area contributed by atoms with Crippen molar-refractivity contribution in [3.05, 3.63) is 96.1 Å². The van der Waals surface area contributed by atoms with Gasteiger partial charge in [-0.05, 0) is 100 Å². The number of ether oxygens (including phenoxy) is 10. The highest BCUT2D eigenvalue weighted by Gasteiger charge is 2.49. The fourth-order valence-corrected chi connectivity index (χ4v) is 10.5. The molecule has 1 N–H and O–H groups in total. The van der Waals surface area contributed by atoms with Crippen molar-refractivity contribution < 1.29 is 76.4 Å². The van der Waals surface area contributed by atoms with Crippen molar-refractivity contribution >= 4 is 41.3 Å². The number of benzene rings is 3. The number of fused-ring (bicyclic) bond motifs is 4. The number of amides is 4. The molecule has 4 saturated heterocycles. The predicted molar refractivity (Wildman–Crippen MR) is 276 cm³/mol. The predicted octanol–water partition coefficient (Wildman–Crippen LogP) is 8.40. The van der Waals surface area contributed by atoms with Crippen molar-refractivity contribution in [3.63, 3.8) is 0 Å². The average Bonchev–Trinajstić information content (AvgIpc) is 3.61. The van der Waals surface area contributed by atoms with Crippen LogP contribution in [-0.2, 0) is 51.0 Å². The van der Waals surface area contributed by atoms with Gasteiger partial charge in [-0.3, -0.25) is 14.4 Å². The Kier molecular flexibility index (Phi) is 19.1. The van der Waals surface area contributed by atoms with Crippen LogP contribution in [0, 0.1) is 0 Å². The van der Waals surface area contributed by atoms with E-state index in [1.165, 1.54) is 55.4 Å². The molecule has 3 aromatic rings. The number of hydrogen-bond donors (Lipinski definition) is 1. The molecule has 0 aliphatic carbocycles. The number of carbonyl (C=O) groups excluding carboxylic acids is 5. The van der Waals surface area contributed by atoms with Crippen LogP contribution in [0.25, 0.3) is 0 Å². The molecule has 6 aliphatic rings. The number of esters is 1. The van der Waals surface area contributed by atoms with Crippen LogP contribution in [0.2, 0.25) is 0 Å². The van der Waals surface area contributed by atoms with E-state index in [1.54, 1.807) is 21.9 Å². The van der Waals surface area contributed by atoms with Crippen LogP contribution in [0.1, 0.15) is 109 Å². The van der Waals surface area contributed by atoms with E-state index in [1.807, 2.05) is 24.3 Å². The standard InChI is InChI=1S/C33H40N2O9.C23H30N2O7/c1-4-15-42-33(38)35-26-20-28(43-21-23-11-9-10-22(17-23)18-29(36)40-3)27(39-2)19-24(26)31(37)34-14-7-5-12-25(34)32(35)44-30-13-6-8-16-41-30;1-3-11-31-23(28)25-17-14-18(26)19(29-2)13-15(17)21(27)24-10-6-4-8-16(24)22(25)32-20-9-5-7-12-30-20/h4,9-11,17,19-20,25,30,32H,1,5-8,12-16,18,21H2,2-3H3;3,13-14,16,20,22,26H,1,4-12H2,2H3/t25-,30?,32?;16-,20?,22?/m00/s1. The first-order valence-electron chi connectivity index (χ1n) is 26.2. The number of rotatable bonds is 15. The Balaban J connectivity index is 0.000000212. The van der Waals surface area contributed by atoms with E-state index in [0.717, 1.165) is 62.5 Å². The lowest BCUT2D eigenvalue weighted by atomic mass is 10.00. The average molecular weight is 1060 g/mol. The monoisotopic (exact) mass is 1050 g/mol. The highest BCUT2D eigenvalue weighted by atomic mass is 16.7. The Labute approximate surface area is 443 Å². The lowest BCUT2D eigenvalue weighted by molar-refractivity contribution is -0.199. The van der Waals surface area contributed by atoms with Crippen molar-refractivity contribution in [1.82, 2.24) is 9.80 Å². The summed E-state index contributed by atoms with van der Waals surface area (Å²) in [6.07, 6.45) is 9.09. The molecule has 0 bridgehead atoms. The van der Waals surface area contributed by atoms with Crippen LogP contribution in [0.4, 0.5) is 21.0 Å². The second-order valence-corrected chi connectivity index (χ2v) is 19.2. The van der Waals surface area contributed by atoms with Crippen LogP contribution >= 0.6 is 0 Å². The first-order chi connectivity index (χ1) is 37.0. The third-order valence-electron chi connectivity index (χ3n) is 14.2. The summed E-state index contributed by atoms with van der Waals surface area (Å²) in [5.74, 6) is -0.164. The third kappa shape index (κ3) is 12.7. The van der Waals surface area contributed by atoms with Crippen LogP contribution < -0.4 is 24.0 Å². The molecular formula is C56H70N4O16. The summed E-state index contributed by atoms with van der Waals surface area (Å²) in [5.41, 5.74) is 2.65. The SMILES string of the molecule is C=CCOC(=O)N1c2cc(O)c(OC)cc2C(=O)N2CCCC[C@H]2C1OC1CCCCO1.C=CCOC(=O)N1c2cc(OCc3cccc(CC(=O)OC)c3)c(OC)cc2C(=O)N2CCCC[C@H]2C1OC1CCCCO1. The molecule has 9 rings (SSSR count). The van der Waals surface area contributed by atoms with E-state index in [-0.39, 0.29) is 78.4 Å². The molecule has 4 unspecified atom stereocenters. The minimum atomic E-state index is -0.850. The molecule has 0 saturated carbocycles. The van der Waals surface area contributed by atoms with Gasteiger partial charge >= 0.3 is 18.2 Å². The second kappa shape index (κ2) is 26.3. The molecule has 410 valence electrons. The van der Waals surface area contributed by atoms with Crippen LogP contribution in [0.3, 0.4) is 0 Å². The van der Waals surface area contributed by atoms with E-state index in [2.05, 4.69) is 13.2 Å². The zero-order valence-electron chi connectivity index (χ0n) is 43.7. The summed E-state index contributed by atoms with van der Waals surface area (Å²) in [6.45, 7) is 9.64. The van der Waals surface area contributed by atoms with E-state index in [0.29, 0.717) is 69.2 Å². The topological polar surface area (TPSA) is 211 Å². The van der Waals surface area contributed by atoms with Gasteiger partial charge in [-0.2, -0.15) is 0 Å². The number of phenols is 1. The Morgan fingerprint density at radius 2 is 1.16 bits per heavy atom. The van der Waals surface area contributed by atoms with Gasteiger partial charge in [0.1, 0.15) is 19.8 Å². The lowest BCUT2D eigenvalue weighted by Gasteiger charge is -2.42. The van der Waals surface area contributed by atoms with E-state index in [4.69, 9.17) is 47.4 Å². The maximum Gasteiger partial charge on any atom is 0.416 e. The maximum absolute atomic E-state index is 14.1. The van der Waals surface area contributed by atoms with Gasteiger partial charge in [0.05, 0.1) is 62.3 Å². The molecule has 0 aromatic heterocycles. The molecule has 0 radical (unpaired) electrons. The molecule has 3 aromatic carbocycles. The number of anilines is 2. The van der Waals surface area contributed by atoms with Crippen molar-refractivity contribution in [2.75, 3.05) is 70.6 Å². The van der Waals surface area contributed by atoms with Gasteiger partial charge in [-0.15, -0.1) is 0 Å². The van der Waals surface area contributed by atoms with Crippen molar-refractivity contribution in [1.29, 1.82) is 0 Å². The Hall–Kier alpha value is -6.87. The van der Waals surface area contributed by atoms with Gasteiger partial charge in [-0.1, -0.05) is 49.6 Å². The first-order valence-corrected chi connectivity index (χ1v) is 26.2. The molecule has 4 fully saturated rings. The number of nitrogens with zero attached hydrogens (tertiary/aromatic N) is 4. The molecule has 4 amide bonds. The van der Waals surface area contributed by atoms with E-state index < -0.39 is 43.3 Å². The van der Waals surface area contributed by atoms with Crippen molar-refractivity contribution in [2.24, 2.45) is 0 Å². The summed E-state index contributed by atoms with van der Waals surface area (Å²) in [4.78, 5) is 72.8. The largest absolute Gasteiger partial charge is 0.504 e. The van der Waals surface area contributed by atoms with E-state index >= 15 is 0 Å². The number of aromatic hydroxyl groups is 1. The smallest absolute Gasteiger partial charge is 0.416 e. The molecule has 76 heavy (non-hydrogen) atoms. The summed E-state index contributed by atoms with van der Waals surface area (Å²) in [7, 11) is 4.26. The van der Waals surface area contributed by atoms with Gasteiger partial charge < -0.3 is 62.3 Å². The van der Waals surface area contributed by atoms with Crippen LogP contribution in [0.15, 0.2) is 73.8 Å². The van der Waals surface area contributed by atoms with Crippen LogP contribution in [0.5, 0.6) is 23.0 Å². The molecule has 20 heteroatoms. The molecule has 0 spiro atoms. The number of methoxy groups -OCH3 is 3. The Bertz CT molecular complexity index is 2560. The summed E-state index contributed by atoms with van der Waals surface area (Å²) < 4.78 is 57.5. The van der Waals surface area contributed by atoms with Crippen molar-refractivity contribution in [3.8, 4) is 23.0 Å². The number of carbonyl (C=O) groups is 5.